The Hall–Kier alpha value is -2.54. The molecule has 1 amide bonds. The molecule has 0 aliphatic heterocycles. The van der Waals surface area contributed by atoms with Crippen LogP contribution in [0.25, 0.3) is 0 Å². The van der Waals surface area contributed by atoms with Gasteiger partial charge < -0.3 is 10.5 Å². The molecule has 1 atom stereocenters. The van der Waals surface area contributed by atoms with Crippen LogP contribution in [0.5, 0.6) is 5.75 Å². The summed E-state index contributed by atoms with van der Waals surface area (Å²) >= 11 is 0. The van der Waals surface area contributed by atoms with Gasteiger partial charge in [-0.15, -0.1) is 13.2 Å². The molecule has 2 rings (SSSR count). The minimum absolute atomic E-state index is 0.0642. The summed E-state index contributed by atoms with van der Waals surface area (Å²) in [5.41, 5.74) is 6.44. The van der Waals surface area contributed by atoms with Gasteiger partial charge in [-0.05, 0) is 18.7 Å². The molecule has 2 aromatic carbocycles. The van der Waals surface area contributed by atoms with Gasteiger partial charge in [0.05, 0.1) is 0 Å². The van der Waals surface area contributed by atoms with Crippen LogP contribution >= 0.6 is 0 Å². The Balaban J connectivity index is 2.25. The molecule has 0 radical (unpaired) electrons. The Morgan fingerprint density at radius 1 is 1.12 bits per heavy atom. The van der Waals surface area contributed by atoms with Gasteiger partial charge in [-0.25, -0.2) is 0 Å². The Morgan fingerprint density at radius 2 is 1.71 bits per heavy atom. The number of ether oxygens (including phenoxy) is 1. The maximum absolute atomic E-state index is 12.5. The number of carbonyl (C=O) groups excluding carboxylic acids is 1. The van der Waals surface area contributed by atoms with Crippen LogP contribution in [0.4, 0.5) is 13.2 Å². The standard InChI is InChI=1S/C17H17F3N2O2/c1-22(15(16(21)23)12-7-3-2-4-8-12)11-13-9-5-6-10-14(13)24-17(18,19)20/h2-10,15H,11H2,1H3,(H2,21,23). The molecular weight excluding hydrogens is 321 g/mol. The molecule has 2 aromatic rings. The van der Waals surface area contributed by atoms with E-state index in [1.165, 1.54) is 18.2 Å². The summed E-state index contributed by atoms with van der Waals surface area (Å²) in [6.45, 7) is 0.0642. The number of amides is 1. The zero-order valence-electron chi connectivity index (χ0n) is 13.0. The van der Waals surface area contributed by atoms with Crippen LogP contribution < -0.4 is 10.5 Å². The molecule has 1 unspecified atom stereocenters. The maximum atomic E-state index is 12.5. The number of hydrogen-bond donors (Lipinski definition) is 1. The van der Waals surface area contributed by atoms with Crippen LogP contribution in [0.15, 0.2) is 54.6 Å². The van der Waals surface area contributed by atoms with Crippen molar-refractivity contribution < 1.29 is 22.7 Å². The van der Waals surface area contributed by atoms with Gasteiger partial charge in [0.15, 0.2) is 0 Å². The van der Waals surface area contributed by atoms with Crippen molar-refractivity contribution >= 4 is 5.91 Å². The van der Waals surface area contributed by atoms with Crippen molar-refractivity contribution in [2.24, 2.45) is 5.73 Å². The van der Waals surface area contributed by atoms with Crippen LogP contribution in [-0.2, 0) is 11.3 Å². The number of likely N-dealkylation sites (N-methyl/N-ethyl adjacent to an activating group) is 1. The molecule has 24 heavy (non-hydrogen) atoms. The van der Waals surface area contributed by atoms with E-state index in [4.69, 9.17) is 5.73 Å². The Kier molecular flexibility index (Phi) is 5.46. The summed E-state index contributed by atoms with van der Waals surface area (Å²) in [4.78, 5) is 13.4. The van der Waals surface area contributed by atoms with Crippen molar-refractivity contribution in [3.05, 3.63) is 65.7 Å². The minimum atomic E-state index is -4.78. The van der Waals surface area contributed by atoms with E-state index >= 15 is 0 Å². The van der Waals surface area contributed by atoms with Crippen LogP contribution in [0, 0.1) is 0 Å². The fourth-order valence-corrected chi connectivity index (χ4v) is 2.49. The molecule has 7 heteroatoms. The van der Waals surface area contributed by atoms with Gasteiger partial charge in [-0.3, -0.25) is 9.69 Å². The first-order valence-electron chi connectivity index (χ1n) is 7.16. The van der Waals surface area contributed by atoms with Gasteiger partial charge in [0.2, 0.25) is 5.91 Å². The summed E-state index contributed by atoms with van der Waals surface area (Å²) in [7, 11) is 1.62. The first-order valence-corrected chi connectivity index (χ1v) is 7.16. The molecule has 0 heterocycles. The van der Waals surface area contributed by atoms with E-state index in [0.29, 0.717) is 11.1 Å². The maximum Gasteiger partial charge on any atom is 0.573 e. The zero-order valence-corrected chi connectivity index (χ0v) is 13.0. The average Bonchev–Trinajstić information content (AvgIpc) is 2.48. The number of nitrogens with two attached hydrogens (primary N) is 1. The quantitative estimate of drug-likeness (QED) is 0.880. The molecule has 2 N–H and O–H groups in total. The van der Waals surface area contributed by atoms with Crippen molar-refractivity contribution in [2.45, 2.75) is 18.9 Å². The number of halogens is 3. The van der Waals surface area contributed by atoms with Crippen LogP contribution in [0.2, 0.25) is 0 Å². The average molecular weight is 338 g/mol. The number of rotatable bonds is 6. The molecule has 4 nitrogen and oxygen atoms in total. The molecular formula is C17H17F3N2O2. The molecule has 128 valence electrons. The second kappa shape index (κ2) is 7.35. The summed E-state index contributed by atoms with van der Waals surface area (Å²) in [6, 6.07) is 13.9. The highest BCUT2D eigenvalue weighted by Crippen LogP contribution is 2.29. The number of nitrogens with zero attached hydrogens (tertiary/aromatic N) is 1. The van der Waals surface area contributed by atoms with Gasteiger partial charge in [0, 0.05) is 12.1 Å². The third-order valence-corrected chi connectivity index (χ3v) is 3.44. The Bertz CT molecular complexity index is 690. The van der Waals surface area contributed by atoms with Gasteiger partial charge in [-0.1, -0.05) is 48.5 Å². The van der Waals surface area contributed by atoms with E-state index in [9.17, 15) is 18.0 Å². The van der Waals surface area contributed by atoms with Gasteiger partial charge >= 0.3 is 6.36 Å². The fourth-order valence-electron chi connectivity index (χ4n) is 2.49. The van der Waals surface area contributed by atoms with Crippen LogP contribution in [0.3, 0.4) is 0 Å². The highest BCUT2D eigenvalue weighted by atomic mass is 19.4. The molecule has 0 saturated heterocycles. The molecule has 0 aliphatic carbocycles. The fraction of sp³-hybridized carbons (Fsp3) is 0.235. The third kappa shape index (κ3) is 4.73. The number of para-hydroxylation sites is 1. The number of primary amides is 1. The SMILES string of the molecule is CN(Cc1ccccc1OC(F)(F)F)C(C(N)=O)c1ccccc1. The third-order valence-electron chi connectivity index (χ3n) is 3.44. The first-order chi connectivity index (χ1) is 11.3. The highest BCUT2D eigenvalue weighted by Gasteiger charge is 2.32. The second-order valence-electron chi connectivity index (χ2n) is 5.29. The summed E-state index contributed by atoms with van der Waals surface area (Å²) in [5, 5.41) is 0. The number of hydrogen-bond acceptors (Lipinski definition) is 3. The summed E-state index contributed by atoms with van der Waals surface area (Å²) in [6.07, 6.45) is -4.78. The van der Waals surface area contributed by atoms with Gasteiger partial charge in [0.25, 0.3) is 0 Å². The summed E-state index contributed by atoms with van der Waals surface area (Å²) in [5.74, 6) is -0.883. The van der Waals surface area contributed by atoms with Crippen molar-refractivity contribution in [3.63, 3.8) is 0 Å². The predicted octanol–water partition coefficient (Wildman–Crippen LogP) is 3.24. The monoisotopic (exact) mass is 338 g/mol. The number of carbonyl (C=O) groups is 1. The van der Waals surface area contributed by atoms with Crippen molar-refractivity contribution in [3.8, 4) is 5.75 Å². The topological polar surface area (TPSA) is 55.6 Å². The lowest BCUT2D eigenvalue weighted by molar-refractivity contribution is -0.275. The van der Waals surface area contributed by atoms with Gasteiger partial charge in [0.1, 0.15) is 11.8 Å². The molecule has 0 aromatic heterocycles. The zero-order chi connectivity index (χ0) is 17.7. The Labute approximate surface area is 137 Å². The number of benzene rings is 2. The van der Waals surface area contributed by atoms with Crippen molar-refractivity contribution in [2.75, 3.05) is 7.05 Å². The van der Waals surface area contributed by atoms with Crippen molar-refractivity contribution in [1.29, 1.82) is 0 Å². The van der Waals surface area contributed by atoms with E-state index in [0.717, 1.165) is 0 Å². The predicted molar refractivity (Wildman–Crippen MR) is 83.0 cm³/mol. The molecule has 0 aliphatic rings. The first kappa shape index (κ1) is 17.8. The minimum Gasteiger partial charge on any atom is -0.405 e. The van der Waals surface area contributed by atoms with E-state index < -0.39 is 18.3 Å². The second-order valence-corrected chi connectivity index (χ2v) is 5.29. The molecule has 0 bridgehead atoms. The van der Waals surface area contributed by atoms with Crippen LogP contribution in [0.1, 0.15) is 17.2 Å². The normalized spacial score (nSPS) is 12.9. The molecule has 0 spiro atoms. The lowest BCUT2D eigenvalue weighted by Crippen LogP contribution is -2.35. The summed E-state index contributed by atoms with van der Waals surface area (Å²) < 4.78 is 41.5. The van der Waals surface area contributed by atoms with Crippen LogP contribution in [-0.4, -0.2) is 24.2 Å². The number of alkyl halides is 3. The molecule has 0 saturated carbocycles. The highest BCUT2D eigenvalue weighted by molar-refractivity contribution is 5.81. The smallest absolute Gasteiger partial charge is 0.405 e. The van der Waals surface area contributed by atoms with E-state index in [-0.39, 0.29) is 12.3 Å². The van der Waals surface area contributed by atoms with E-state index in [2.05, 4.69) is 4.74 Å². The van der Waals surface area contributed by atoms with E-state index in [1.54, 1.807) is 48.3 Å². The van der Waals surface area contributed by atoms with Gasteiger partial charge in [-0.2, -0.15) is 0 Å². The lowest BCUT2D eigenvalue weighted by atomic mass is 10.0. The largest absolute Gasteiger partial charge is 0.573 e. The Morgan fingerprint density at radius 3 is 2.29 bits per heavy atom. The van der Waals surface area contributed by atoms with E-state index in [1.807, 2.05) is 0 Å². The van der Waals surface area contributed by atoms with Crippen molar-refractivity contribution in [1.82, 2.24) is 4.90 Å². The lowest BCUT2D eigenvalue weighted by Gasteiger charge is -2.26. The molecule has 0 fully saturated rings.